The quantitative estimate of drug-likeness (QED) is 0.326. The molecule has 4 heterocycles. The second-order valence-electron chi connectivity index (χ2n) is 8.46. The summed E-state index contributed by atoms with van der Waals surface area (Å²) in [6.07, 6.45) is 5.74. The van der Waals surface area contributed by atoms with Gasteiger partial charge in [-0.25, -0.2) is 0 Å². The summed E-state index contributed by atoms with van der Waals surface area (Å²) < 4.78 is 13.1. The van der Waals surface area contributed by atoms with Gasteiger partial charge in [0.25, 0.3) is 0 Å². The fourth-order valence-corrected chi connectivity index (χ4v) is 4.89. The number of carbonyl (C=O) groups excluding carboxylic acids is 1. The first-order chi connectivity index (χ1) is 17.6. The second-order valence-corrected chi connectivity index (χ2v) is 8.85. The molecule has 1 fully saturated rings. The number of hydrogen-bond donors (Lipinski definition) is 2. The van der Waals surface area contributed by atoms with Crippen molar-refractivity contribution < 1.29 is 13.9 Å². The number of nitrogens with one attached hydrogen (secondary N) is 2. The zero-order valence-corrected chi connectivity index (χ0v) is 20.7. The zero-order chi connectivity index (χ0) is 24.9. The number of anilines is 1. The predicted octanol–water partition coefficient (Wildman–Crippen LogP) is 4.53. The van der Waals surface area contributed by atoms with Crippen molar-refractivity contribution in [2.24, 2.45) is 0 Å². The first kappa shape index (κ1) is 23.6. The van der Waals surface area contributed by atoms with E-state index in [1.165, 1.54) is 0 Å². The predicted molar refractivity (Wildman–Crippen MR) is 141 cm³/mol. The molecule has 0 radical (unpaired) electrons. The van der Waals surface area contributed by atoms with Crippen molar-refractivity contribution in [1.29, 1.82) is 0 Å². The highest BCUT2D eigenvalue weighted by molar-refractivity contribution is 7.80. The van der Waals surface area contributed by atoms with Crippen LogP contribution in [0.2, 0.25) is 0 Å². The summed E-state index contributed by atoms with van der Waals surface area (Å²) in [5.74, 6) is 1.36. The minimum absolute atomic E-state index is 0.117. The van der Waals surface area contributed by atoms with Gasteiger partial charge < -0.3 is 29.3 Å². The number of para-hydroxylation sites is 2. The van der Waals surface area contributed by atoms with E-state index in [0.29, 0.717) is 29.6 Å². The number of carbonyl (C=O) groups is 1. The van der Waals surface area contributed by atoms with Crippen molar-refractivity contribution >= 4 is 28.9 Å². The SMILES string of the molecule is COc1ccccc1NC(=O)CCN1C(=S)N[C@H](c2ccccn2)[C@@H]1c1cccn1Cc1ccco1. The van der Waals surface area contributed by atoms with Crippen LogP contribution in [0.5, 0.6) is 5.75 Å². The molecule has 0 aliphatic carbocycles. The molecule has 2 atom stereocenters. The molecule has 184 valence electrons. The molecule has 0 unspecified atom stereocenters. The molecule has 4 aromatic rings. The van der Waals surface area contributed by atoms with Crippen LogP contribution in [-0.4, -0.2) is 39.1 Å². The maximum atomic E-state index is 12.9. The average Bonchev–Trinajstić information content (AvgIpc) is 3.65. The molecule has 0 saturated carbocycles. The Morgan fingerprint density at radius 3 is 2.78 bits per heavy atom. The molecule has 1 aromatic carbocycles. The minimum atomic E-state index is -0.166. The van der Waals surface area contributed by atoms with Gasteiger partial charge in [-0.3, -0.25) is 9.78 Å². The van der Waals surface area contributed by atoms with Crippen LogP contribution in [0.4, 0.5) is 5.69 Å². The van der Waals surface area contributed by atoms with Crippen LogP contribution in [0.3, 0.4) is 0 Å². The summed E-state index contributed by atoms with van der Waals surface area (Å²) in [4.78, 5) is 19.5. The van der Waals surface area contributed by atoms with Gasteiger partial charge in [-0.05, 0) is 60.7 Å². The van der Waals surface area contributed by atoms with Gasteiger partial charge in [-0.2, -0.15) is 0 Å². The molecule has 8 nitrogen and oxygen atoms in total. The molecule has 2 N–H and O–H groups in total. The number of hydrogen-bond acceptors (Lipinski definition) is 5. The molecule has 1 amide bonds. The summed E-state index contributed by atoms with van der Waals surface area (Å²) in [5, 5.41) is 6.98. The van der Waals surface area contributed by atoms with Gasteiger partial charge in [0.05, 0.1) is 43.4 Å². The Bertz CT molecular complexity index is 1320. The molecule has 9 heteroatoms. The third-order valence-corrected chi connectivity index (χ3v) is 6.58. The van der Waals surface area contributed by atoms with Crippen LogP contribution in [0.15, 0.2) is 89.8 Å². The van der Waals surface area contributed by atoms with Crippen LogP contribution in [0.25, 0.3) is 0 Å². The highest BCUT2D eigenvalue weighted by Gasteiger charge is 2.41. The van der Waals surface area contributed by atoms with Gasteiger partial charge in [-0.15, -0.1) is 0 Å². The molecule has 1 saturated heterocycles. The van der Waals surface area contributed by atoms with Gasteiger partial charge in [-0.1, -0.05) is 18.2 Å². The highest BCUT2D eigenvalue weighted by Crippen LogP contribution is 2.39. The average molecular weight is 502 g/mol. The van der Waals surface area contributed by atoms with Crippen LogP contribution < -0.4 is 15.4 Å². The number of thiocarbonyl (C=S) groups is 1. The number of ether oxygens (including phenoxy) is 1. The standard InChI is InChI=1S/C27H27N5O3S/c1-34-23-12-3-2-9-20(23)29-24(33)13-16-32-26(25(30-27(32)36)21-10-4-5-14-28-21)22-11-6-15-31(22)18-19-8-7-17-35-19/h2-12,14-15,17,25-26H,13,16,18H2,1H3,(H,29,33)(H,30,36)/t25-,26+/m1/s1. The summed E-state index contributed by atoms with van der Waals surface area (Å²) in [6, 6.07) is 20.8. The minimum Gasteiger partial charge on any atom is -0.495 e. The maximum Gasteiger partial charge on any atom is 0.226 e. The van der Waals surface area contributed by atoms with Gasteiger partial charge in [0.2, 0.25) is 5.91 Å². The molecule has 0 bridgehead atoms. The van der Waals surface area contributed by atoms with Gasteiger partial charge >= 0.3 is 0 Å². The smallest absolute Gasteiger partial charge is 0.226 e. The van der Waals surface area contributed by atoms with Crippen molar-refractivity contribution in [3.63, 3.8) is 0 Å². The number of amides is 1. The molecule has 3 aromatic heterocycles. The van der Waals surface area contributed by atoms with Crippen LogP contribution in [-0.2, 0) is 11.3 Å². The number of benzene rings is 1. The first-order valence-electron chi connectivity index (χ1n) is 11.7. The Morgan fingerprint density at radius 1 is 1.14 bits per heavy atom. The number of nitrogens with zero attached hydrogens (tertiary/aromatic N) is 3. The van der Waals surface area contributed by atoms with Crippen molar-refractivity contribution in [3.8, 4) is 5.75 Å². The number of pyridine rings is 1. The van der Waals surface area contributed by atoms with E-state index in [1.807, 2.05) is 66.9 Å². The number of methoxy groups -OCH3 is 1. The third kappa shape index (κ3) is 4.96. The van der Waals surface area contributed by atoms with Crippen LogP contribution in [0.1, 0.15) is 35.7 Å². The number of rotatable bonds is 9. The van der Waals surface area contributed by atoms with Gasteiger partial charge in [0.1, 0.15) is 11.5 Å². The molecule has 36 heavy (non-hydrogen) atoms. The Morgan fingerprint density at radius 2 is 2.00 bits per heavy atom. The van der Waals surface area contributed by atoms with Crippen molar-refractivity contribution in [3.05, 3.63) is 103 Å². The van der Waals surface area contributed by atoms with E-state index in [1.54, 1.807) is 19.6 Å². The van der Waals surface area contributed by atoms with Gasteiger partial charge in [0, 0.05) is 31.1 Å². The maximum absolute atomic E-state index is 12.9. The summed E-state index contributed by atoms with van der Waals surface area (Å²) >= 11 is 5.76. The third-order valence-electron chi connectivity index (χ3n) is 6.23. The van der Waals surface area contributed by atoms with E-state index in [4.69, 9.17) is 21.4 Å². The van der Waals surface area contributed by atoms with Crippen molar-refractivity contribution in [1.82, 2.24) is 19.8 Å². The second kappa shape index (κ2) is 10.7. The Kier molecular flexibility index (Phi) is 6.99. The largest absolute Gasteiger partial charge is 0.495 e. The van der Waals surface area contributed by atoms with E-state index in [0.717, 1.165) is 17.1 Å². The zero-order valence-electron chi connectivity index (χ0n) is 19.8. The van der Waals surface area contributed by atoms with Crippen LogP contribution >= 0.6 is 12.2 Å². The Hall–Kier alpha value is -4.11. The monoisotopic (exact) mass is 501 g/mol. The van der Waals surface area contributed by atoms with Gasteiger partial charge in [0.15, 0.2) is 5.11 Å². The summed E-state index contributed by atoms with van der Waals surface area (Å²) in [6.45, 7) is 1.03. The van der Waals surface area contributed by atoms with E-state index in [2.05, 4.69) is 31.2 Å². The molecular weight excluding hydrogens is 474 g/mol. The Balaban J connectivity index is 1.39. The topological polar surface area (TPSA) is 84.6 Å². The van der Waals surface area contributed by atoms with E-state index in [-0.39, 0.29) is 24.4 Å². The molecule has 0 spiro atoms. The Labute approximate surface area is 214 Å². The van der Waals surface area contributed by atoms with Crippen molar-refractivity contribution in [2.45, 2.75) is 25.0 Å². The lowest BCUT2D eigenvalue weighted by molar-refractivity contribution is -0.116. The number of aromatic nitrogens is 2. The van der Waals surface area contributed by atoms with Crippen LogP contribution in [0, 0.1) is 0 Å². The summed E-state index contributed by atoms with van der Waals surface area (Å²) in [7, 11) is 1.58. The lowest BCUT2D eigenvalue weighted by atomic mass is 10.0. The molecular formula is C27H27N5O3S. The molecule has 1 aliphatic heterocycles. The first-order valence-corrected chi connectivity index (χ1v) is 12.1. The lowest BCUT2D eigenvalue weighted by Crippen LogP contribution is -2.33. The van der Waals surface area contributed by atoms with E-state index in [9.17, 15) is 4.79 Å². The fraction of sp³-hybridized carbons (Fsp3) is 0.222. The number of furan rings is 1. The van der Waals surface area contributed by atoms with E-state index < -0.39 is 0 Å². The fourth-order valence-electron chi connectivity index (χ4n) is 4.56. The lowest BCUT2D eigenvalue weighted by Gasteiger charge is -2.28. The normalized spacial score (nSPS) is 17.1. The van der Waals surface area contributed by atoms with E-state index >= 15 is 0 Å². The summed E-state index contributed by atoms with van der Waals surface area (Å²) in [5.41, 5.74) is 2.58. The highest BCUT2D eigenvalue weighted by atomic mass is 32.1. The van der Waals surface area contributed by atoms with Crippen molar-refractivity contribution in [2.75, 3.05) is 19.0 Å². The molecule has 1 aliphatic rings. The molecule has 5 rings (SSSR count).